The van der Waals surface area contributed by atoms with Gasteiger partial charge in [0.1, 0.15) is 5.57 Å². The summed E-state index contributed by atoms with van der Waals surface area (Å²) >= 11 is 0. The largest absolute Gasteiger partial charge is 0.462 e. The molecule has 0 saturated heterocycles. The van der Waals surface area contributed by atoms with E-state index in [9.17, 15) is 32.9 Å². The number of carbonyl (C=O) groups excluding carboxylic acids is 2. The summed E-state index contributed by atoms with van der Waals surface area (Å²) in [7, 11) is 0. The number of carbonyl (C=O) groups is 2. The van der Waals surface area contributed by atoms with Gasteiger partial charge in [0.2, 0.25) is 0 Å². The molecule has 1 aromatic carbocycles. The van der Waals surface area contributed by atoms with E-state index in [4.69, 9.17) is 0 Å². The molecule has 6 nitrogen and oxygen atoms in total. The molecule has 118 valence electrons. The van der Waals surface area contributed by atoms with E-state index in [2.05, 4.69) is 4.74 Å². The first-order chi connectivity index (χ1) is 10.2. The van der Waals surface area contributed by atoms with Gasteiger partial charge in [-0.3, -0.25) is 14.9 Å². The van der Waals surface area contributed by atoms with Gasteiger partial charge in [-0.1, -0.05) is 12.1 Å². The number of ether oxygens (including phenoxy) is 1. The van der Waals surface area contributed by atoms with Crippen LogP contribution >= 0.6 is 0 Å². The van der Waals surface area contributed by atoms with Crippen LogP contribution in [0.2, 0.25) is 0 Å². The normalized spacial score (nSPS) is 11.9. The second-order valence-corrected chi connectivity index (χ2v) is 3.96. The van der Waals surface area contributed by atoms with E-state index in [1.54, 1.807) is 0 Å². The zero-order valence-electron chi connectivity index (χ0n) is 11.2. The molecule has 0 amide bonds. The minimum absolute atomic E-state index is 0.102. The molecule has 0 N–H and O–H groups in total. The molecule has 0 radical (unpaired) electrons. The van der Waals surface area contributed by atoms with Gasteiger partial charge >= 0.3 is 12.1 Å². The first-order valence-electron chi connectivity index (χ1n) is 5.91. The molecule has 22 heavy (non-hydrogen) atoms. The lowest BCUT2D eigenvalue weighted by Crippen LogP contribution is -2.29. The second kappa shape index (κ2) is 6.83. The number of benzene rings is 1. The fourth-order valence-electron chi connectivity index (χ4n) is 1.47. The van der Waals surface area contributed by atoms with Crippen LogP contribution in [0.25, 0.3) is 6.08 Å². The third kappa shape index (κ3) is 4.40. The van der Waals surface area contributed by atoms with Crippen LogP contribution < -0.4 is 0 Å². The van der Waals surface area contributed by atoms with Crippen LogP contribution in [0.1, 0.15) is 12.5 Å². The summed E-state index contributed by atoms with van der Waals surface area (Å²) in [6.45, 7) is 1.14. The van der Waals surface area contributed by atoms with Crippen molar-refractivity contribution in [3.05, 3.63) is 45.5 Å². The monoisotopic (exact) mass is 317 g/mol. The van der Waals surface area contributed by atoms with Gasteiger partial charge in [0.15, 0.2) is 0 Å². The van der Waals surface area contributed by atoms with Gasteiger partial charge < -0.3 is 4.74 Å². The summed E-state index contributed by atoms with van der Waals surface area (Å²) in [6, 6.07) is 4.48. The fraction of sp³-hybridized carbons (Fsp3) is 0.231. The number of esters is 1. The van der Waals surface area contributed by atoms with E-state index < -0.39 is 34.1 Å². The highest BCUT2D eigenvalue weighted by molar-refractivity contribution is 6.22. The van der Waals surface area contributed by atoms with E-state index in [1.807, 2.05) is 0 Å². The standard InChI is InChI=1S/C13H10F3NO5/c1-2-22-12(19)10(11(18)13(14,15)16)7-8-4-3-5-9(6-8)17(20)21/h3-7H,2H2,1H3/b10-7+. The Bertz CT molecular complexity index is 637. The lowest BCUT2D eigenvalue weighted by atomic mass is 10.1. The number of halogens is 3. The van der Waals surface area contributed by atoms with Gasteiger partial charge in [-0.05, 0) is 18.6 Å². The number of nitrogens with zero attached hydrogens (tertiary/aromatic N) is 1. The molecule has 0 aliphatic carbocycles. The predicted molar refractivity (Wildman–Crippen MR) is 68.8 cm³/mol. The van der Waals surface area contributed by atoms with E-state index in [0.29, 0.717) is 6.08 Å². The molecule has 0 saturated carbocycles. The first kappa shape index (κ1) is 17.3. The maximum Gasteiger partial charge on any atom is 0.455 e. The second-order valence-electron chi connectivity index (χ2n) is 3.96. The minimum Gasteiger partial charge on any atom is -0.462 e. The van der Waals surface area contributed by atoms with Crippen LogP contribution in [0.15, 0.2) is 29.8 Å². The van der Waals surface area contributed by atoms with Crippen molar-refractivity contribution in [3.8, 4) is 0 Å². The predicted octanol–water partition coefficient (Wildman–Crippen LogP) is 2.67. The van der Waals surface area contributed by atoms with Crippen LogP contribution in [-0.2, 0) is 14.3 Å². The van der Waals surface area contributed by atoms with E-state index in [-0.39, 0.29) is 12.2 Å². The molecule has 1 aromatic rings. The van der Waals surface area contributed by atoms with Gasteiger partial charge in [0.05, 0.1) is 11.5 Å². The number of nitro benzene ring substituents is 1. The average Bonchev–Trinajstić information content (AvgIpc) is 2.43. The number of ketones is 1. The van der Waals surface area contributed by atoms with Gasteiger partial charge in [-0.2, -0.15) is 13.2 Å². The van der Waals surface area contributed by atoms with Gasteiger partial charge in [0, 0.05) is 12.1 Å². The Morgan fingerprint density at radius 3 is 2.50 bits per heavy atom. The van der Waals surface area contributed by atoms with Gasteiger partial charge in [-0.25, -0.2) is 4.79 Å². The molecule has 0 fully saturated rings. The highest BCUT2D eigenvalue weighted by Gasteiger charge is 2.43. The number of hydrogen-bond donors (Lipinski definition) is 0. The third-order valence-electron chi connectivity index (χ3n) is 2.39. The summed E-state index contributed by atoms with van der Waals surface area (Å²) in [5, 5.41) is 10.6. The summed E-state index contributed by atoms with van der Waals surface area (Å²) < 4.78 is 41.9. The molecule has 9 heteroatoms. The van der Waals surface area contributed by atoms with Crippen LogP contribution in [0.3, 0.4) is 0 Å². The van der Waals surface area contributed by atoms with E-state index >= 15 is 0 Å². The van der Waals surface area contributed by atoms with Crippen molar-refractivity contribution in [3.63, 3.8) is 0 Å². The molecule has 0 aliphatic rings. The van der Waals surface area contributed by atoms with Crippen molar-refractivity contribution in [2.75, 3.05) is 6.61 Å². The summed E-state index contributed by atoms with van der Waals surface area (Å²) in [5.74, 6) is -3.83. The number of alkyl halides is 3. The van der Waals surface area contributed by atoms with Crippen molar-refractivity contribution in [1.82, 2.24) is 0 Å². The minimum atomic E-state index is -5.26. The molecule has 0 atom stereocenters. The Balaban J connectivity index is 3.32. The van der Waals surface area contributed by atoms with Crippen LogP contribution in [0.4, 0.5) is 18.9 Å². The summed E-state index contributed by atoms with van der Waals surface area (Å²) in [5.41, 5.74) is -1.74. The Morgan fingerprint density at radius 1 is 1.36 bits per heavy atom. The van der Waals surface area contributed by atoms with Crippen molar-refractivity contribution in [2.24, 2.45) is 0 Å². The quantitative estimate of drug-likeness (QED) is 0.208. The molecule has 0 aliphatic heterocycles. The Hall–Kier alpha value is -2.71. The SMILES string of the molecule is CCOC(=O)/C(=C/c1cccc([N+](=O)[O-])c1)C(=O)C(F)(F)F. The summed E-state index contributed by atoms with van der Waals surface area (Å²) in [4.78, 5) is 32.6. The topological polar surface area (TPSA) is 86.5 Å². The van der Waals surface area contributed by atoms with Crippen LogP contribution in [0.5, 0.6) is 0 Å². The zero-order valence-corrected chi connectivity index (χ0v) is 11.2. The Morgan fingerprint density at radius 2 is 2.00 bits per heavy atom. The number of hydrogen-bond acceptors (Lipinski definition) is 5. The maximum atomic E-state index is 12.5. The number of nitro groups is 1. The third-order valence-corrected chi connectivity index (χ3v) is 2.39. The lowest BCUT2D eigenvalue weighted by Gasteiger charge is -2.09. The molecular weight excluding hydrogens is 307 g/mol. The Kier molecular flexibility index (Phi) is 5.39. The molecule has 0 unspecified atom stereocenters. The Labute approximate surface area is 122 Å². The molecular formula is C13H10F3NO5. The molecule has 0 aromatic heterocycles. The van der Waals surface area contributed by atoms with Crippen molar-refractivity contribution in [1.29, 1.82) is 0 Å². The highest BCUT2D eigenvalue weighted by Crippen LogP contribution is 2.24. The van der Waals surface area contributed by atoms with Crippen molar-refractivity contribution >= 4 is 23.5 Å². The smallest absolute Gasteiger partial charge is 0.455 e. The lowest BCUT2D eigenvalue weighted by molar-refractivity contribution is -0.384. The molecule has 1 rings (SSSR count). The molecule has 0 bridgehead atoms. The van der Waals surface area contributed by atoms with Gasteiger partial charge in [-0.15, -0.1) is 0 Å². The van der Waals surface area contributed by atoms with E-state index in [0.717, 1.165) is 12.1 Å². The maximum absolute atomic E-state index is 12.5. The number of Topliss-reactive ketones (excluding diaryl/α,β-unsaturated/α-hetero) is 1. The zero-order chi connectivity index (χ0) is 16.9. The van der Waals surface area contributed by atoms with Crippen LogP contribution in [0, 0.1) is 10.1 Å². The van der Waals surface area contributed by atoms with Crippen molar-refractivity contribution in [2.45, 2.75) is 13.1 Å². The molecule has 0 spiro atoms. The van der Waals surface area contributed by atoms with Crippen LogP contribution in [-0.4, -0.2) is 29.5 Å². The average molecular weight is 317 g/mol. The number of non-ortho nitro benzene ring substituents is 1. The molecule has 0 heterocycles. The first-order valence-corrected chi connectivity index (χ1v) is 5.91. The van der Waals surface area contributed by atoms with Gasteiger partial charge in [0.25, 0.3) is 11.5 Å². The van der Waals surface area contributed by atoms with E-state index in [1.165, 1.54) is 19.1 Å². The highest BCUT2D eigenvalue weighted by atomic mass is 19.4. The van der Waals surface area contributed by atoms with Crippen molar-refractivity contribution < 1.29 is 32.4 Å². The number of rotatable bonds is 5. The fourth-order valence-corrected chi connectivity index (χ4v) is 1.47. The summed E-state index contributed by atoms with van der Waals surface area (Å²) in [6.07, 6.45) is -4.65.